The van der Waals surface area contributed by atoms with Crippen molar-refractivity contribution in [2.24, 2.45) is 5.92 Å². The molecule has 1 aliphatic heterocycles. The Kier molecular flexibility index (Phi) is 5.61. The van der Waals surface area contributed by atoms with E-state index in [0.29, 0.717) is 37.3 Å². The van der Waals surface area contributed by atoms with Crippen LogP contribution in [0, 0.1) is 5.92 Å². The first kappa shape index (κ1) is 15.8. The van der Waals surface area contributed by atoms with Crippen molar-refractivity contribution in [3.63, 3.8) is 0 Å². The number of aromatic nitrogens is 2. The van der Waals surface area contributed by atoms with Crippen LogP contribution in [0.15, 0.2) is 12.4 Å². The topological polar surface area (TPSA) is 58.6 Å². The number of carbonyl (C=O) groups is 1. The van der Waals surface area contributed by atoms with E-state index in [0.717, 1.165) is 18.8 Å². The first-order valence-electron chi connectivity index (χ1n) is 7.20. The van der Waals surface area contributed by atoms with E-state index in [-0.39, 0.29) is 6.09 Å². The molecule has 6 nitrogen and oxygen atoms in total. The molecule has 0 aromatic carbocycles. The van der Waals surface area contributed by atoms with Crippen LogP contribution in [0.3, 0.4) is 0 Å². The zero-order chi connectivity index (χ0) is 15.2. The summed E-state index contributed by atoms with van der Waals surface area (Å²) in [7, 11) is 0. The van der Waals surface area contributed by atoms with Gasteiger partial charge in [-0.15, -0.1) is 0 Å². The maximum Gasteiger partial charge on any atom is 0.409 e. The smallest absolute Gasteiger partial charge is 0.409 e. The lowest BCUT2D eigenvalue weighted by molar-refractivity contribution is 0.0943. The van der Waals surface area contributed by atoms with E-state index in [4.69, 9.17) is 16.3 Å². The Hall–Kier alpha value is -1.56. The predicted molar refractivity (Wildman–Crippen MR) is 81.6 cm³/mol. The minimum Gasteiger partial charge on any atom is -0.449 e. The van der Waals surface area contributed by atoms with Crippen LogP contribution in [0.2, 0.25) is 5.15 Å². The number of ether oxygens (including phenoxy) is 1. The molecule has 1 aliphatic rings. The Bertz CT molecular complexity index is 484. The van der Waals surface area contributed by atoms with Gasteiger partial charge in [-0.05, 0) is 12.3 Å². The molecule has 1 aromatic rings. The van der Waals surface area contributed by atoms with Gasteiger partial charge in [-0.1, -0.05) is 25.4 Å². The van der Waals surface area contributed by atoms with Crippen molar-refractivity contribution in [1.29, 1.82) is 0 Å². The van der Waals surface area contributed by atoms with Gasteiger partial charge in [-0.2, -0.15) is 0 Å². The van der Waals surface area contributed by atoms with Crippen LogP contribution in [0.25, 0.3) is 0 Å². The summed E-state index contributed by atoms with van der Waals surface area (Å²) in [6, 6.07) is 0. The molecule has 1 fully saturated rings. The second-order valence-corrected chi connectivity index (χ2v) is 5.89. The van der Waals surface area contributed by atoms with Crippen molar-refractivity contribution in [2.45, 2.75) is 20.3 Å². The maximum atomic E-state index is 12.0. The Morgan fingerprint density at radius 1 is 1.33 bits per heavy atom. The van der Waals surface area contributed by atoms with E-state index in [1.807, 2.05) is 13.8 Å². The van der Waals surface area contributed by atoms with Crippen LogP contribution < -0.4 is 4.90 Å². The van der Waals surface area contributed by atoms with Crippen LogP contribution in [-0.4, -0.2) is 53.7 Å². The lowest BCUT2D eigenvalue weighted by Gasteiger charge is -2.22. The van der Waals surface area contributed by atoms with Crippen LogP contribution in [0.5, 0.6) is 0 Å². The van der Waals surface area contributed by atoms with Crippen LogP contribution in [0.1, 0.15) is 20.3 Å². The maximum absolute atomic E-state index is 12.0. The molecular weight excluding hydrogens is 292 g/mol. The summed E-state index contributed by atoms with van der Waals surface area (Å²) in [6.45, 7) is 7.34. The van der Waals surface area contributed by atoms with E-state index >= 15 is 0 Å². The fraction of sp³-hybridized carbons (Fsp3) is 0.643. The summed E-state index contributed by atoms with van der Waals surface area (Å²) in [4.78, 5) is 24.1. The third-order valence-corrected chi connectivity index (χ3v) is 3.39. The highest BCUT2D eigenvalue weighted by molar-refractivity contribution is 6.29. The molecule has 2 rings (SSSR count). The number of halogens is 1. The zero-order valence-electron chi connectivity index (χ0n) is 12.5. The summed E-state index contributed by atoms with van der Waals surface area (Å²) in [5, 5.41) is 0.380. The average Bonchev–Trinajstić information content (AvgIpc) is 2.70. The molecule has 7 heteroatoms. The summed E-state index contributed by atoms with van der Waals surface area (Å²) in [5.74, 6) is 1.10. The number of carbonyl (C=O) groups excluding carboxylic acids is 1. The molecule has 0 saturated carbocycles. The Morgan fingerprint density at radius 2 is 2.14 bits per heavy atom. The molecule has 1 saturated heterocycles. The molecular formula is C14H21ClN4O2. The Labute approximate surface area is 130 Å². The second kappa shape index (κ2) is 7.45. The highest BCUT2D eigenvalue weighted by Gasteiger charge is 2.21. The number of nitrogens with zero attached hydrogens (tertiary/aromatic N) is 4. The van der Waals surface area contributed by atoms with Crippen molar-refractivity contribution in [2.75, 3.05) is 37.7 Å². The predicted octanol–water partition coefficient (Wildman–Crippen LogP) is 2.43. The molecule has 21 heavy (non-hydrogen) atoms. The fourth-order valence-electron chi connectivity index (χ4n) is 2.14. The van der Waals surface area contributed by atoms with E-state index in [1.165, 1.54) is 6.20 Å². The molecule has 0 radical (unpaired) electrons. The van der Waals surface area contributed by atoms with Gasteiger partial charge < -0.3 is 14.5 Å². The number of hydrogen-bond acceptors (Lipinski definition) is 5. The zero-order valence-corrected chi connectivity index (χ0v) is 13.2. The van der Waals surface area contributed by atoms with Crippen molar-refractivity contribution in [3.05, 3.63) is 17.5 Å². The monoisotopic (exact) mass is 312 g/mol. The fourth-order valence-corrected chi connectivity index (χ4v) is 2.29. The van der Waals surface area contributed by atoms with Crippen LogP contribution >= 0.6 is 11.6 Å². The lowest BCUT2D eigenvalue weighted by Crippen LogP contribution is -2.36. The minimum atomic E-state index is -0.234. The molecule has 1 amide bonds. The first-order chi connectivity index (χ1) is 10.1. The molecule has 0 bridgehead atoms. The summed E-state index contributed by atoms with van der Waals surface area (Å²) >= 11 is 5.87. The lowest BCUT2D eigenvalue weighted by atomic mass is 10.2. The molecule has 0 aliphatic carbocycles. The van der Waals surface area contributed by atoms with Crippen molar-refractivity contribution in [3.8, 4) is 0 Å². The Balaban J connectivity index is 1.91. The summed E-state index contributed by atoms with van der Waals surface area (Å²) in [5.41, 5.74) is 0. The minimum absolute atomic E-state index is 0.234. The Morgan fingerprint density at radius 3 is 2.86 bits per heavy atom. The van der Waals surface area contributed by atoms with E-state index < -0.39 is 0 Å². The third kappa shape index (κ3) is 4.74. The van der Waals surface area contributed by atoms with Gasteiger partial charge in [0, 0.05) is 26.2 Å². The van der Waals surface area contributed by atoms with E-state index in [1.54, 1.807) is 11.1 Å². The van der Waals surface area contributed by atoms with Crippen LogP contribution in [0.4, 0.5) is 10.6 Å². The largest absolute Gasteiger partial charge is 0.449 e. The molecule has 0 atom stereocenters. The number of amides is 1. The van der Waals surface area contributed by atoms with Gasteiger partial charge in [0.25, 0.3) is 0 Å². The van der Waals surface area contributed by atoms with Gasteiger partial charge in [0.05, 0.1) is 19.0 Å². The number of hydrogen-bond donors (Lipinski definition) is 0. The van der Waals surface area contributed by atoms with Gasteiger partial charge in [0.1, 0.15) is 11.0 Å². The van der Waals surface area contributed by atoms with Crippen LogP contribution in [-0.2, 0) is 4.74 Å². The van der Waals surface area contributed by atoms with Gasteiger partial charge >= 0.3 is 6.09 Å². The normalized spacial score (nSPS) is 16.0. The average molecular weight is 313 g/mol. The van der Waals surface area contributed by atoms with Gasteiger partial charge in [-0.25, -0.2) is 9.78 Å². The highest BCUT2D eigenvalue weighted by Crippen LogP contribution is 2.15. The molecule has 0 unspecified atom stereocenters. The van der Waals surface area contributed by atoms with Gasteiger partial charge in [0.2, 0.25) is 0 Å². The van der Waals surface area contributed by atoms with Gasteiger partial charge in [-0.3, -0.25) is 4.98 Å². The number of anilines is 1. The molecule has 1 aromatic heterocycles. The summed E-state index contributed by atoms with van der Waals surface area (Å²) < 4.78 is 5.28. The SMILES string of the molecule is CC(C)COC(=O)N1CCCN(c2cncc(Cl)n2)CC1. The molecule has 0 N–H and O–H groups in total. The quantitative estimate of drug-likeness (QED) is 0.858. The van der Waals surface area contributed by atoms with E-state index in [9.17, 15) is 4.79 Å². The van der Waals surface area contributed by atoms with E-state index in [2.05, 4.69) is 14.9 Å². The third-order valence-electron chi connectivity index (χ3n) is 3.21. The second-order valence-electron chi connectivity index (χ2n) is 5.50. The molecule has 2 heterocycles. The first-order valence-corrected chi connectivity index (χ1v) is 7.58. The van der Waals surface area contributed by atoms with Crippen molar-refractivity contribution < 1.29 is 9.53 Å². The van der Waals surface area contributed by atoms with Crippen molar-refractivity contribution >= 4 is 23.5 Å². The van der Waals surface area contributed by atoms with Gasteiger partial charge in [0.15, 0.2) is 0 Å². The van der Waals surface area contributed by atoms with Crippen molar-refractivity contribution in [1.82, 2.24) is 14.9 Å². The molecule has 0 spiro atoms. The summed E-state index contributed by atoms with van der Waals surface area (Å²) in [6.07, 6.45) is 3.84. The standard InChI is InChI=1S/C14H21ClN4O2/c1-11(2)10-21-14(20)19-5-3-4-18(6-7-19)13-9-16-8-12(15)17-13/h8-9,11H,3-7,10H2,1-2H3. The molecule has 116 valence electrons. The highest BCUT2D eigenvalue weighted by atomic mass is 35.5. The number of rotatable bonds is 3.